The third-order valence-electron chi connectivity index (χ3n) is 4.53. The molecule has 0 nitrogen and oxygen atoms in total. The Morgan fingerprint density at radius 3 is 2.00 bits per heavy atom. The maximum Gasteiger partial charge on any atom is 0.0256 e. The summed E-state index contributed by atoms with van der Waals surface area (Å²) < 4.78 is 1.20. The number of halogens is 1. The fourth-order valence-electron chi connectivity index (χ4n) is 3.83. The van der Waals surface area contributed by atoms with Crippen LogP contribution in [-0.4, -0.2) is 0 Å². The van der Waals surface area contributed by atoms with Crippen LogP contribution in [0.15, 0.2) is 46.9 Å². The molecule has 0 radical (unpaired) electrons. The topological polar surface area (TPSA) is 0 Å². The molecular weight excluding hydrogens is 308 g/mol. The van der Waals surface area contributed by atoms with Gasteiger partial charge in [0.15, 0.2) is 0 Å². The molecule has 0 heterocycles. The predicted molar refractivity (Wildman–Crippen MR) is 90.2 cm³/mol. The molecule has 104 valence electrons. The van der Waals surface area contributed by atoms with Gasteiger partial charge in [-0.3, -0.25) is 0 Å². The van der Waals surface area contributed by atoms with Crippen molar-refractivity contribution in [3.8, 4) is 11.1 Å². The zero-order valence-corrected chi connectivity index (χ0v) is 14.2. The van der Waals surface area contributed by atoms with E-state index in [1.807, 2.05) is 0 Å². The molecule has 0 spiro atoms. The van der Waals surface area contributed by atoms with Crippen LogP contribution in [0, 0.1) is 0 Å². The molecule has 0 aliphatic heterocycles. The molecule has 0 atom stereocenters. The number of hydrogen-bond donors (Lipinski definition) is 0. The summed E-state index contributed by atoms with van der Waals surface area (Å²) in [7, 11) is 0. The van der Waals surface area contributed by atoms with Gasteiger partial charge in [0.25, 0.3) is 0 Å². The van der Waals surface area contributed by atoms with E-state index in [-0.39, 0.29) is 10.8 Å². The van der Waals surface area contributed by atoms with E-state index in [0.717, 1.165) is 0 Å². The Morgan fingerprint density at radius 1 is 0.850 bits per heavy atom. The Hall–Kier alpha value is -1.08. The quantitative estimate of drug-likeness (QED) is 0.595. The van der Waals surface area contributed by atoms with Gasteiger partial charge in [-0.25, -0.2) is 0 Å². The van der Waals surface area contributed by atoms with Gasteiger partial charge in [-0.05, 0) is 51.6 Å². The van der Waals surface area contributed by atoms with E-state index < -0.39 is 0 Å². The van der Waals surface area contributed by atoms with Crippen molar-refractivity contribution in [3.63, 3.8) is 0 Å². The third kappa shape index (κ3) is 2.13. The molecule has 2 aromatic rings. The van der Waals surface area contributed by atoms with E-state index in [1.165, 1.54) is 33.1 Å². The van der Waals surface area contributed by atoms with Crippen molar-refractivity contribution in [2.24, 2.45) is 0 Å². The number of rotatable bonds is 1. The molecule has 0 saturated heterocycles. The lowest BCUT2D eigenvalue weighted by molar-refractivity contribution is 0.403. The number of hydrogen-bond acceptors (Lipinski definition) is 0. The van der Waals surface area contributed by atoms with E-state index in [9.17, 15) is 0 Å². The molecule has 2 aromatic carbocycles. The lowest BCUT2D eigenvalue weighted by Crippen LogP contribution is -2.17. The van der Waals surface area contributed by atoms with E-state index in [1.54, 1.807) is 0 Å². The summed E-state index contributed by atoms with van der Waals surface area (Å²) in [6.45, 7) is 9.44. The Morgan fingerprint density at radius 2 is 1.40 bits per heavy atom. The highest BCUT2D eigenvalue weighted by Crippen LogP contribution is 2.51. The van der Waals surface area contributed by atoms with Gasteiger partial charge in [0.2, 0.25) is 0 Å². The highest BCUT2D eigenvalue weighted by atomic mass is 79.9. The van der Waals surface area contributed by atoms with Crippen LogP contribution >= 0.6 is 15.9 Å². The highest BCUT2D eigenvalue weighted by molar-refractivity contribution is 9.10. The summed E-state index contributed by atoms with van der Waals surface area (Å²) >= 11 is 3.78. The molecule has 0 bridgehead atoms. The summed E-state index contributed by atoms with van der Waals surface area (Å²) in [5.74, 6) is 0. The monoisotopic (exact) mass is 328 g/mol. The molecule has 1 aliphatic carbocycles. The molecule has 20 heavy (non-hydrogen) atoms. The second-order valence-electron chi connectivity index (χ2n) is 7.19. The third-order valence-corrected chi connectivity index (χ3v) is 5.19. The van der Waals surface area contributed by atoms with E-state index >= 15 is 0 Å². The van der Waals surface area contributed by atoms with Crippen LogP contribution in [0.4, 0.5) is 0 Å². The minimum absolute atomic E-state index is 0.253. The van der Waals surface area contributed by atoms with Gasteiger partial charge in [0.1, 0.15) is 0 Å². The summed E-state index contributed by atoms with van der Waals surface area (Å²) in [6, 6.07) is 15.4. The summed E-state index contributed by atoms with van der Waals surface area (Å²) in [5.41, 5.74) is 6.09. The zero-order valence-electron chi connectivity index (χ0n) is 12.6. The minimum atomic E-state index is 0.253. The Kier molecular flexibility index (Phi) is 3.10. The Bertz CT molecular complexity index is 651. The van der Waals surface area contributed by atoms with Crippen molar-refractivity contribution in [3.05, 3.63) is 58.1 Å². The first kappa shape index (κ1) is 13.9. The summed E-state index contributed by atoms with van der Waals surface area (Å²) in [5, 5.41) is 0. The van der Waals surface area contributed by atoms with Gasteiger partial charge in [0, 0.05) is 4.47 Å². The first-order chi connectivity index (χ1) is 9.31. The summed E-state index contributed by atoms with van der Waals surface area (Å²) in [6.07, 6.45) is 1.21. The molecule has 0 aromatic heterocycles. The van der Waals surface area contributed by atoms with Crippen LogP contribution in [0.5, 0.6) is 0 Å². The van der Waals surface area contributed by atoms with Crippen molar-refractivity contribution in [2.45, 2.75) is 44.9 Å². The Labute approximate surface area is 130 Å². The minimum Gasteiger partial charge on any atom is -0.0622 e. The van der Waals surface area contributed by atoms with Crippen molar-refractivity contribution in [1.29, 1.82) is 0 Å². The predicted octanol–water partition coefficient (Wildman–Crippen LogP) is 6.08. The molecule has 1 heteroatoms. The standard InChI is InChI=1S/C19H21Br/c1-18(2)12-19(3,4)16-11-17(20)14(10-15(16)18)13-8-6-5-7-9-13/h5-11H,12H2,1-4H3. The maximum absolute atomic E-state index is 3.78. The highest BCUT2D eigenvalue weighted by Gasteiger charge is 2.42. The molecule has 0 unspecified atom stereocenters. The first-order valence-corrected chi connectivity index (χ1v) is 8.00. The molecule has 0 N–H and O–H groups in total. The van der Waals surface area contributed by atoms with E-state index in [0.29, 0.717) is 0 Å². The van der Waals surface area contributed by atoms with Gasteiger partial charge in [-0.2, -0.15) is 0 Å². The lowest BCUT2D eigenvalue weighted by Gasteiger charge is -2.22. The zero-order chi connectivity index (χ0) is 14.5. The van der Waals surface area contributed by atoms with Crippen LogP contribution in [0.2, 0.25) is 0 Å². The molecule has 0 fully saturated rings. The van der Waals surface area contributed by atoms with Crippen molar-refractivity contribution >= 4 is 15.9 Å². The van der Waals surface area contributed by atoms with Crippen molar-refractivity contribution in [1.82, 2.24) is 0 Å². The molecular formula is C19H21Br. The second-order valence-corrected chi connectivity index (χ2v) is 8.04. The second kappa shape index (κ2) is 4.46. The molecule has 1 aliphatic rings. The fraction of sp³-hybridized carbons (Fsp3) is 0.368. The summed E-state index contributed by atoms with van der Waals surface area (Å²) in [4.78, 5) is 0. The van der Waals surface area contributed by atoms with Crippen LogP contribution < -0.4 is 0 Å². The van der Waals surface area contributed by atoms with Crippen LogP contribution in [0.3, 0.4) is 0 Å². The average molecular weight is 329 g/mol. The van der Waals surface area contributed by atoms with Gasteiger partial charge < -0.3 is 0 Å². The van der Waals surface area contributed by atoms with E-state index in [4.69, 9.17) is 0 Å². The SMILES string of the molecule is CC1(C)CC(C)(C)c2cc(-c3ccccc3)c(Br)cc21. The van der Waals surface area contributed by atoms with Gasteiger partial charge in [-0.1, -0.05) is 74.0 Å². The average Bonchev–Trinajstić information content (AvgIpc) is 2.55. The largest absolute Gasteiger partial charge is 0.0622 e. The number of fused-ring (bicyclic) bond motifs is 1. The van der Waals surface area contributed by atoms with Gasteiger partial charge >= 0.3 is 0 Å². The first-order valence-electron chi connectivity index (χ1n) is 7.21. The smallest absolute Gasteiger partial charge is 0.0256 e. The van der Waals surface area contributed by atoms with Crippen LogP contribution in [0.1, 0.15) is 45.2 Å². The number of benzene rings is 2. The Balaban J connectivity index is 2.23. The van der Waals surface area contributed by atoms with Crippen LogP contribution in [-0.2, 0) is 10.8 Å². The van der Waals surface area contributed by atoms with Crippen LogP contribution in [0.25, 0.3) is 11.1 Å². The van der Waals surface area contributed by atoms with Crippen molar-refractivity contribution in [2.75, 3.05) is 0 Å². The molecule has 0 amide bonds. The molecule has 3 rings (SSSR count). The van der Waals surface area contributed by atoms with Gasteiger partial charge in [0.05, 0.1) is 0 Å². The van der Waals surface area contributed by atoms with Crippen molar-refractivity contribution < 1.29 is 0 Å². The van der Waals surface area contributed by atoms with Gasteiger partial charge in [-0.15, -0.1) is 0 Å². The normalized spacial score (nSPS) is 18.9. The maximum atomic E-state index is 3.78. The lowest BCUT2D eigenvalue weighted by atomic mass is 9.82. The molecule has 0 saturated carbocycles. The van der Waals surface area contributed by atoms with E-state index in [2.05, 4.69) is 86.1 Å². The fourth-order valence-corrected chi connectivity index (χ4v) is 4.40.